The van der Waals surface area contributed by atoms with Crippen molar-refractivity contribution in [3.63, 3.8) is 0 Å². The topological polar surface area (TPSA) is 120 Å². The zero-order chi connectivity index (χ0) is 23.4. The van der Waals surface area contributed by atoms with Crippen molar-refractivity contribution in [3.05, 3.63) is 0 Å². The van der Waals surface area contributed by atoms with Gasteiger partial charge in [0.2, 0.25) is 5.91 Å². The molecule has 3 saturated heterocycles. The highest BCUT2D eigenvalue weighted by Crippen LogP contribution is 2.34. The zero-order valence-electron chi connectivity index (χ0n) is 18.5. The summed E-state index contributed by atoms with van der Waals surface area (Å²) < 4.78 is 24.4. The minimum Gasteiger partial charge on any atom is -0.388 e. The number of aliphatic hydroxyl groups excluding tert-OH is 3. The van der Waals surface area contributed by atoms with Crippen LogP contribution in [0.4, 0.5) is 4.39 Å². The molecule has 1 amide bonds. The molecule has 0 aromatic carbocycles. The molecule has 8 nitrogen and oxygen atoms in total. The number of carbonyl (C=O) groups is 1. The maximum Gasteiger partial charge on any atom is 0.240 e. The molecule has 3 fully saturated rings. The number of amides is 1. The van der Waals surface area contributed by atoms with Crippen molar-refractivity contribution in [1.82, 2.24) is 10.6 Å². The number of thioether (sulfide) groups is 1. The largest absolute Gasteiger partial charge is 0.388 e. The summed E-state index contributed by atoms with van der Waals surface area (Å²) in [6, 6.07) is -1.37. The summed E-state index contributed by atoms with van der Waals surface area (Å²) in [7, 11) is 0. The Bertz CT molecular complexity index is 621. The summed E-state index contributed by atoms with van der Waals surface area (Å²) in [4.78, 5) is 13.2. The Morgan fingerprint density at radius 3 is 2.72 bits per heavy atom. The van der Waals surface area contributed by atoms with Crippen LogP contribution in [-0.4, -0.2) is 101 Å². The van der Waals surface area contributed by atoms with Gasteiger partial charge in [-0.2, -0.15) is 0 Å². The van der Waals surface area contributed by atoms with Gasteiger partial charge >= 0.3 is 0 Å². The Hall–Kier alpha value is -0.200. The van der Waals surface area contributed by atoms with Crippen LogP contribution in [0, 0.1) is 11.8 Å². The number of carbonyl (C=O) groups excluding carboxylic acids is 1. The monoisotopic (exact) mass is 498 g/mol. The van der Waals surface area contributed by atoms with Crippen molar-refractivity contribution < 1.29 is 34.0 Å². The Kier molecular flexibility index (Phi) is 9.88. The highest BCUT2D eigenvalue weighted by atomic mass is 35.5. The number of ether oxygens (including phenoxy) is 2. The molecule has 0 aliphatic carbocycles. The molecule has 11 heteroatoms. The molecule has 0 radical (unpaired) electrons. The molecule has 0 aromatic heterocycles. The molecule has 186 valence electrons. The van der Waals surface area contributed by atoms with Crippen molar-refractivity contribution in [2.75, 3.05) is 26.1 Å². The third-order valence-corrected chi connectivity index (χ3v) is 8.02. The number of alkyl halides is 2. The quantitative estimate of drug-likeness (QED) is 0.305. The minimum absolute atomic E-state index is 0.166. The standard InChI is InChI=1S/C21H36ClFN2O6S/c1-10(22)13(19-16(27)15(26)17(28)21(31-19)32-2)25-20(29)14-18-12(9-24-14)8-11(4-3-6-23)5-7-30-18/h10-19,21,24,26-28H,3-9H2,1-2H3,(H,25,29)/t10-,11+,12-,13+,14-,15?,16-,17+,18+,19+,21?/m0/s1. The maximum atomic E-state index is 13.2. The number of hydrogen-bond donors (Lipinski definition) is 5. The van der Waals surface area contributed by atoms with Crippen LogP contribution >= 0.6 is 23.4 Å². The van der Waals surface area contributed by atoms with Crippen LogP contribution in [0.2, 0.25) is 0 Å². The molecule has 0 bridgehead atoms. The third-order valence-electron chi connectivity index (χ3n) is 6.89. The summed E-state index contributed by atoms with van der Waals surface area (Å²) >= 11 is 7.56. The molecule has 2 unspecified atom stereocenters. The van der Waals surface area contributed by atoms with Crippen LogP contribution in [0.15, 0.2) is 0 Å². The molecule has 3 aliphatic heterocycles. The van der Waals surface area contributed by atoms with Crippen molar-refractivity contribution >= 4 is 29.3 Å². The molecule has 3 aliphatic rings. The van der Waals surface area contributed by atoms with Gasteiger partial charge in [-0.1, -0.05) is 0 Å². The summed E-state index contributed by atoms with van der Waals surface area (Å²) in [5.74, 6) is 0.246. The first-order valence-electron chi connectivity index (χ1n) is 11.4. The van der Waals surface area contributed by atoms with Gasteiger partial charge in [-0.15, -0.1) is 23.4 Å². The average molecular weight is 499 g/mol. The first kappa shape index (κ1) is 26.4. The fourth-order valence-electron chi connectivity index (χ4n) is 5.10. The van der Waals surface area contributed by atoms with Gasteiger partial charge in [0.25, 0.3) is 0 Å². The molecule has 5 N–H and O–H groups in total. The summed E-state index contributed by atoms with van der Waals surface area (Å²) in [5.41, 5.74) is -0.756. The second-order valence-electron chi connectivity index (χ2n) is 9.09. The number of rotatable bonds is 8. The van der Waals surface area contributed by atoms with Crippen LogP contribution in [0.25, 0.3) is 0 Å². The Morgan fingerprint density at radius 2 is 2.06 bits per heavy atom. The minimum atomic E-state index is -1.42. The van der Waals surface area contributed by atoms with Crippen LogP contribution < -0.4 is 10.6 Å². The zero-order valence-corrected chi connectivity index (χ0v) is 20.1. The number of hydrogen-bond acceptors (Lipinski definition) is 8. The van der Waals surface area contributed by atoms with Crippen LogP contribution in [0.1, 0.15) is 32.6 Å². The van der Waals surface area contributed by atoms with E-state index in [1.54, 1.807) is 13.2 Å². The second-order valence-corrected chi connectivity index (χ2v) is 10.7. The highest BCUT2D eigenvalue weighted by Gasteiger charge is 2.49. The van der Waals surface area contributed by atoms with E-state index in [1.807, 2.05) is 0 Å². The summed E-state index contributed by atoms with van der Waals surface area (Å²) in [5, 5.41) is 36.4. The van der Waals surface area contributed by atoms with E-state index < -0.39 is 47.3 Å². The number of nitrogens with one attached hydrogen (secondary N) is 2. The molecule has 0 aromatic rings. The van der Waals surface area contributed by atoms with Crippen LogP contribution in [-0.2, 0) is 14.3 Å². The second kappa shape index (κ2) is 12.0. The van der Waals surface area contributed by atoms with E-state index in [1.165, 1.54) is 11.8 Å². The Labute approximate surface area is 197 Å². The molecule has 3 rings (SSSR count). The van der Waals surface area contributed by atoms with Crippen molar-refractivity contribution in [2.45, 2.75) is 86.0 Å². The number of aliphatic hydroxyl groups is 3. The van der Waals surface area contributed by atoms with Crippen LogP contribution in [0.3, 0.4) is 0 Å². The van der Waals surface area contributed by atoms with Gasteiger partial charge in [0.1, 0.15) is 35.9 Å². The molecule has 11 atom stereocenters. The van der Waals surface area contributed by atoms with Gasteiger partial charge in [0.05, 0.1) is 24.2 Å². The fourth-order valence-corrected chi connectivity index (χ4v) is 5.98. The Morgan fingerprint density at radius 1 is 1.31 bits per heavy atom. The van der Waals surface area contributed by atoms with Gasteiger partial charge in [-0.3, -0.25) is 9.18 Å². The van der Waals surface area contributed by atoms with Gasteiger partial charge < -0.3 is 35.4 Å². The van der Waals surface area contributed by atoms with E-state index in [-0.39, 0.29) is 24.6 Å². The molecule has 0 saturated carbocycles. The van der Waals surface area contributed by atoms with Crippen molar-refractivity contribution in [3.8, 4) is 0 Å². The van der Waals surface area contributed by atoms with Gasteiger partial charge in [0.15, 0.2) is 0 Å². The van der Waals surface area contributed by atoms with E-state index in [9.17, 15) is 24.5 Å². The predicted molar refractivity (Wildman–Crippen MR) is 120 cm³/mol. The van der Waals surface area contributed by atoms with E-state index in [0.29, 0.717) is 25.5 Å². The van der Waals surface area contributed by atoms with Gasteiger partial charge in [-0.25, -0.2) is 0 Å². The fraction of sp³-hybridized carbons (Fsp3) is 0.952. The lowest BCUT2D eigenvalue weighted by atomic mass is 9.87. The van der Waals surface area contributed by atoms with E-state index in [4.69, 9.17) is 21.1 Å². The van der Waals surface area contributed by atoms with Crippen LogP contribution in [0.5, 0.6) is 0 Å². The summed E-state index contributed by atoms with van der Waals surface area (Å²) in [6.07, 6.45) is -0.498. The van der Waals surface area contributed by atoms with Gasteiger partial charge in [0, 0.05) is 13.2 Å². The highest BCUT2D eigenvalue weighted by molar-refractivity contribution is 7.99. The molecule has 0 spiro atoms. The smallest absolute Gasteiger partial charge is 0.240 e. The number of halogens is 2. The lowest BCUT2D eigenvalue weighted by Gasteiger charge is -2.44. The van der Waals surface area contributed by atoms with Crippen molar-refractivity contribution in [1.29, 1.82) is 0 Å². The van der Waals surface area contributed by atoms with E-state index in [2.05, 4.69) is 10.6 Å². The first-order chi connectivity index (χ1) is 15.3. The molecular weight excluding hydrogens is 463 g/mol. The number of fused-ring (bicyclic) bond motifs is 1. The predicted octanol–water partition coefficient (Wildman–Crippen LogP) is 0.402. The lowest BCUT2D eigenvalue weighted by Crippen LogP contribution is -2.65. The first-order valence-corrected chi connectivity index (χ1v) is 13.1. The van der Waals surface area contributed by atoms with E-state index in [0.717, 1.165) is 19.3 Å². The van der Waals surface area contributed by atoms with E-state index >= 15 is 0 Å². The third kappa shape index (κ3) is 5.89. The molecular formula is C21H36ClFN2O6S. The molecule has 3 heterocycles. The Balaban J connectivity index is 1.66. The lowest BCUT2D eigenvalue weighted by molar-refractivity contribution is -0.205. The normalized spacial score (nSPS) is 42.0. The van der Waals surface area contributed by atoms with Gasteiger partial charge in [-0.05, 0) is 50.7 Å². The molecule has 32 heavy (non-hydrogen) atoms. The van der Waals surface area contributed by atoms with Crippen molar-refractivity contribution in [2.24, 2.45) is 11.8 Å². The average Bonchev–Trinajstić information content (AvgIpc) is 3.05. The maximum absolute atomic E-state index is 13.2. The summed E-state index contributed by atoms with van der Waals surface area (Å²) in [6.45, 7) is 2.53. The SMILES string of the molecule is CSC1O[C@H]([C@H](NC(=O)[C@H]2NC[C@@H]3C[C@H](CCCF)CCO[C@H]32)[C@H](C)Cl)[C@@H](O)C(O)[C@H]1O.